The van der Waals surface area contributed by atoms with Gasteiger partial charge in [0.1, 0.15) is 5.58 Å². The van der Waals surface area contributed by atoms with Crippen LogP contribution in [0, 0.1) is 6.92 Å². The topological polar surface area (TPSA) is 100 Å². The number of carbonyl (C=O) groups is 1. The van der Waals surface area contributed by atoms with Crippen molar-refractivity contribution in [3.05, 3.63) is 69.1 Å². The number of aryl methyl sites for hydroxylation is 1. The zero-order chi connectivity index (χ0) is 20.7. The van der Waals surface area contributed by atoms with Gasteiger partial charge in [-0.3, -0.25) is 9.59 Å². The number of amides is 1. The molecule has 1 aromatic heterocycles. The number of rotatable bonds is 5. The SMILES string of the molecule is CCOc1cc(C2c3c(oc4ccc(C)cc4c3=O)C(=O)N2CCO)ccc1O. The highest BCUT2D eigenvalue weighted by Crippen LogP contribution is 2.40. The molecular formula is C22H21NO6. The molecule has 1 aliphatic heterocycles. The van der Waals surface area contributed by atoms with E-state index in [4.69, 9.17) is 9.15 Å². The van der Waals surface area contributed by atoms with Crippen molar-refractivity contribution in [3.63, 3.8) is 0 Å². The Morgan fingerprint density at radius 3 is 2.69 bits per heavy atom. The summed E-state index contributed by atoms with van der Waals surface area (Å²) in [6, 6.07) is 9.19. The van der Waals surface area contributed by atoms with Crippen molar-refractivity contribution in [2.24, 2.45) is 0 Å². The maximum Gasteiger partial charge on any atom is 0.290 e. The molecule has 0 bridgehead atoms. The summed E-state index contributed by atoms with van der Waals surface area (Å²) in [6.45, 7) is 3.79. The van der Waals surface area contributed by atoms with Crippen LogP contribution in [0.25, 0.3) is 11.0 Å². The molecule has 7 nitrogen and oxygen atoms in total. The zero-order valence-electron chi connectivity index (χ0n) is 16.1. The van der Waals surface area contributed by atoms with Crippen LogP contribution in [0.2, 0.25) is 0 Å². The van der Waals surface area contributed by atoms with Crippen molar-refractivity contribution in [2.75, 3.05) is 19.8 Å². The monoisotopic (exact) mass is 395 g/mol. The molecule has 2 N–H and O–H groups in total. The van der Waals surface area contributed by atoms with Gasteiger partial charge in [-0.05, 0) is 43.7 Å². The van der Waals surface area contributed by atoms with Gasteiger partial charge in [-0.2, -0.15) is 0 Å². The molecule has 7 heteroatoms. The maximum absolute atomic E-state index is 13.3. The standard InChI is InChI=1S/C22H21NO6/c1-3-28-17-11-13(5-6-15(17)25)19-18-20(26)14-10-12(2)4-7-16(14)29-21(18)22(27)23(19)8-9-24/h4-7,10-11,19,24-25H,3,8-9H2,1-2H3. The smallest absolute Gasteiger partial charge is 0.290 e. The Balaban J connectivity index is 1.98. The number of nitrogens with zero attached hydrogens (tertiary/aromatic N) is 1. The molecule has 0 saturated carbocycles. The van der Waals surface area contributed by atoms with Crippen LogP contribution in [-0.4, -0.2) is 40.8 Å². The second-order valence-electron chi connectivity index (χ2n) is 6.96. The summed E-state index contributed by atoms with van der Waals surface area (Å²) in [5, 5.41) is 19.9. The van der Waals surface area contributed by atoms with E-state index in [1.165, 1.54) is 11.0 Å². The summed E-state index contributed by atoms with van der Waals surface area (Å²) in [6.07, 6.45) is 0. The van der Waals surface area contributed by atoms with Crippen LogP contribution in [-0.2, 0) is 0 Å². The number of ether oxygens (including phenoxy) is 1. The summed E-state index contributed by atoms with van der Waals surface area (Å²) in [5.74, 6) is -0.244. The second kappa shape index (κ2) is 7.25. The van der Waals surface area contributed by atoms with Crippen LogP contribution in [0.5, 0.6) is 11.5 Å². The minimum atomic E-state index is -0.745. The fourth-order valence-corrected chi connectivity index (χ4v) is 3.79. The maximum atomic E-state index is 13.3. The first kappa shape index (κ1) is 19.0. The van der Waals surface area contributed by atoms with Gasteiger partial charge in [-0.15, -0.1) is 0 Å². The van der Waals surface area contributed by atoms with E-state index in [1.807, 2.05) is 13.0 Å². The van der Waals surface area contributed by atoms with E-state index in [9.17, 15) is 19.8 Å². The first-order chi connectivity index (χ1) is 14.0. The predicted octanol–water partition coefficient (Wildman–Crippen LogP) is 2.74. The van der Waals surface area contributed by atoms with Gasteiger partial charge < -0.3 is 24.3 Å². The van der Waals surface area contributed by atoms with Gasteiger partial charge in [0.2, 0.25) is 5.76 Å². The Morgan fingerprint density at radius 2 is 1.97 bits per heavy atom. The summed E-state index contributed by atoms with van der Waals surface area (Å²) < 4.78 is 11.3. The van der Waals surface area contributed by atoms with Crippen molar-refractivity contribution >= 4 is 16.9 Å². The minimum absolute atomic E-state index is 0.0177. The number of fused-ring (bicyclic) bond motifs is 2. The molecule has 1 atom stereocenters. The number of aromatic hydroxyl groups is 1. The molecule has 0 spiro atoms. The van der Waals surface area contributed by atoms with Gasteiger partial charge in [0.25, 0.3) is 5.91 Å². The van der Waals surface area contributed by atoms with E-state index in [0.717, 1.165) is 5.56 Å². The lowest BCUT2D eigenvalue weighted by molar-refractivity contribution is 0.0691. The van der Waals surface area contributed by atoms with Gasteiger partial charge in [0, 0.05) is 6.54 Å². The highest BCUT2D eigenvalue weighted by molar-refractivity contribution is 5.99. The molecule has 1 unspecified atom stereocenters. The van der Waals surface area contributed by atoms with Gasteiger partial charge in [-0.1, -0.05) is 17.7 Å². The largest absolute Gasteiger partial charge is 0.504 e. The number of phenols is 1. The summed E-state index contributed by atoms with van der Waals surface area (Å²) in [5.41, 5.74) is 1.79. The third kappa shape index (κ3) is 3.03. The summed E-state index contributed by atoms with van der Waals surface area (Å²) in [4.78, 5) is 27.8. The molecule has 3 aromatic rings. The average Bonchev–Trinajstić information content (AvgIpc) is 2.97. The minimum Gasteiger partial charge on any atom is -0.504 e. The Bertz CT molecular complexity index is 1170. The van der Waals surface area contributed by atoms with E-state index in [-0.39, 0.29) is 41.4 Å². The number of hydrogen-bond acceptors (Lipinski definition) is 6. The normalized spacial score (nSPS) is 15.8. The van der Waals surface area contributed by atoms with Crippen LogP contribution in [0.4, 0.5) is 0 Å². The van der Waals surface area contributed by atoms with Crippen molar-refractivity contribution < 1.29 is 24.2 Å². The lowest BCUT2D eigenvalue weighted by atomic mass is 9.97. The summed E-state index contributed by atoms with van der Waals surface area (Å²) in [7, 11) is 0. The quantitative estimate of drug-likeness (QED) is 0.689. The third-order valence-corrected chi connectivity index (χ3v) is 5.06. The highest BCUT2D eigenvalue weighted by atomic mass is 16.5. The fourth-order valence-electron chi connectivity index (χ4n) is 3.79. The molecule has 0 aliphatic carbocycles. The van der Waals surface area contributed by atoms with Gasteiger partial charge >= 0.3 is 0 Å². The molecule has 150 valence electrons. The molecule has 2 heterocycles. The number of hydrogen-bond donors (Lipinski definition) is 2. The molecule has 2 aromatic carbocycles. The first-order valence-corrected chi connectivity index (χ1v) is 9.41. The first-order valence-electron chi connectivity index (χ1n) is 9.41. The number of phenolic OH excluding ortho intramolecular Hbond substituents is 1. The van der Waals surface area contributed by atoms with Crippen LogP contribution >= 0.6 is 0 Å². The van der Waals surface area contributed by atoms with E-state index < -0.39 is 11.9 Å². The third-order valence-electron chi connectivity index (χ3n) is 5.06. The molecule has 0 radical (unpaired) electrons. The van der Waals surface area contributed by atoms with Crippen molar-refractivity contribution in [1.29, 1.82) is 0 Å². The van der Waals surface area contributed by atoms with Crippen LogP contribution in [0.1, 0.15) is 40.2 Å². The molecule has 0 saturated heterocycles. The second-order valence-corrected chi connectivity index (χ2v) is 6.96. The van der Waals surface area contributed by atoms with Gasteiger partial charge in [0.15, 0.2) is 16.9 Å². The van der Waals surface area contributed by atoms with Crippen LogP contribution in [0.3, 0.4) is 0 Å². The summed E-state index contributed by atoms with van der Waals surface area (Å²) >= 11 is 0. The lowest BCUT2D eigenvalue weighted by Gasteiger charge is -2.24. The van der Waals surface area contributed by atoms with Gasteiger partial charge in [-0.25, -0.2) is 0 Å². The van der Waals surface area contributed by atoms with Crippen LogP contribution in [0.15, 0.2) is 45.6 Å². The van der Waals surface area contributed by atoms with E-state index in [1.54, 1.807) is 31.2 Å². The number of aliphatic hydroxyl groups is 1. The number of aliphatic hydroxyl groups excluding tert-OH is 1. The number of carbonyl (C=O) groups excluding carboxylic acids is 1. The van der Waals surface area contributed by atoms with Crippen LogP contribution < -0.4 is 10.2 Å². The molecule has 0 fully saturated rings. The van der Waals surface area contributed by atoms with Gasteiger partial charge in [0.05, 0.1) is 30.2 Å². The molecule has 1 amide bonds. The Morgan fingerprint density at radius 1 is 1.17 bits per heavy atom. The Hall–Kier alpha value is -3.32. The Kier molecular flexibility index (Phi) is 4.76. The van der Waals surface area contributed by atoms with E-state index in [2.05, 4.69) is 0 Å². The van der Waals surface area contributed by atoms with Crippen molar-refractivity contribution in [2.45, 2.75) is 19.9 Å². The molecule has 29 heavy (non-hydrogen) atoms. The van der Waals surface area contributed by atoms with Crippen molar-refractivity contribution in [3.8, 4) is 11.5 Å². The molecular weight excluding hydrogens is 374 g/mol. The highest BCUT2D eigenvalue weighted by Gasteiger charge is 2.42. The fraction of sp³-hybridized carbons (Fsp3) is 0.273. The Labute approximate surface area is 166 Å². The van der Waals surface area contributed by atoms with E-state index in [0.29, 0.717) is 23.1 Å². The number of benzene rings is 2. The zero-order valence-corrected chi connectivity index (χ0v) is 16.1. The van der Waals surface area contributed by atoms with Crippen molar-refractivity contribution in [1.82, 2.24) is 4.90 Å². The molecule has 1 aliphatic rings. The number of β-amino-alcohol motifs (C(OH)–C–C–N with tert-alkyl or cyclic N) is 1. The van der Waals surface area contributed by atoms with E-state index >= 15 is 0 Å². The average molecular weight is 395 g/mol. The molecule has 4 rings (SSSR count). The lowest BCUT2D eigenvalue weighted by Crippen LogP contribution is -2.32. The predicted molar refractivity (Wildman–Crippen MR) is 106 cm³/mol.